The Morgan fingerprint density at radius 2 is 1.81 bits per heavy atom. The molecule has 3 aromatic rings. The Hall–Kier alpha value is -3.19. The zero-order chi connectivity index (χ0) is 18.5. The van der Waals surface area contributed by atoms with Gasteiger partial charge in [-0.3, -0.25) is 4.79 Å². The third-order valence-electron chi connectivity index (χ3n) is 3.43. The number of benzene rings is 2. The number of halogens is 2. The zero-order valence-electron chi connectivity index (χ0n) is 13.7. The summed E-state index contributed by atoms with van der Waals surface area (Å²) < 4.78 is 18.0. The van der Waals surface area contributed by atoms with Crippen molar-refractivity contribution in [3.63, 3.8) is 0 Å². The first kappa shape index (κ1) is 17.6. The molecule has 0 unspecified atom stereocenters. The van der Waals surface area contributed by atoms with Crippen LogP contribution in [0.3, 0.4) is 0 Å². The Bertz CT molecular complexity index is 935. The fraction of sp³-hybridized carbons (Fsp3) is 0.0556. The van der Waals surface area contributed by atoms with Gasteiger partial charge in [0.05, 0.1) is 12.1 Å². The highest BCUT2D eigenvalue weighted by Gasteiger charge is 2.11. The molecule has 0 radical (unpaired) electrons. The van der Waals surface area contributed by atoms with Crippen LogP contribution in [0.15, 0.2) is 54.9 Å². The first-order valence-electron chi connectivity index (χ1n) is 7.54. The standard InChI is InChI=1S/C18H14ClFN4O2/c1-26-16-7-6-13(8-14(16)19)24-18(25)15-9-17(22-10-21-15)23-12-4-2-11(20)3-5-12/h2-10H,1H3,(H,24,25)(H,21,22,23). The van der Waals surface area contributed by atoms with Crippen molar-refractivity contribution in [1.29, 1.82) is 0 Å². The van der Waals surface area contributed by atoms with Gasteiger partial charge in [0.25, 0.3) is 5.91 Å². The first-order valence-corrected chi connectivity index (χ1v) is 7.92. The molecule has 6 nitrogen and oxygen atoms in total. The number of nitrogens with zero attached hydrogens (tertiary/aromatic N) is 2. The molecule has 0 saturated carbocycles. The van der Waals surface area contributed by atoms with E-state index in [-0.39, 0.29) is 11.5 Å². The average Bonchev–Trinajstić information content (AvgIpc) is 2.64. The van der Waals surface area contributed by atoms with E-state index in [2.05, 4.69) is 20.6 Å². The van der Waals surface area contributed by atoms with E-state index >= 15 is 0 Å². The van der Waals surface area contributed by atoms with E-state index in [1.807, 2.05) is 0 Å². The molecule has 3 rings (SSSR count). The number of ether oxygens (including phenoxy) is 1. The lowest BCUT2D eigenvalue weighted by molar-refractivity contribution is 0.102. The van der Waals surface area contributed by atoms with Gasteiger partial charge in [-0.1, -0.05) is 11.6 Å². The summed E-state index contributed by atoms with van der Waals surface area (Å²) in [4.78, 5) is 20.4. The van der Waals surface area contributed by atoms with Crippen molar-refractivity contribution in [3.05, 3.63) is 71.4 Å². The molecule has 1 aromatic heterocycles. The maximum absolute atomic E-state index is 13.0. The summed E-state index contributed by atoms with van der Waals surface area (Å²) >= 11 is 6.05. The molecule has 0 fully saturated rings. The Morgan fingerprint density at radius 1 is 1.08 bits per heavy atom. The molecule has 132 valence electrons. The highest BCUT2D eigenvalue weighted by molar-refractivity contribution is 6.32. The second-order valence-corrected chi connectivity index (χ2v) is 5.63. The third kappa shape index (κ3) is 4.25. The summed E-state index contributed by atoms with van der Waals surface area (Å²) in [6.07, 6.45) is 1.27. The number of hydrogen-bond donors (Lipinski definition) is 2. The van der Waals surface area contributed by atoms with E-state index in [0.29, 0.717) is 28.0 Å². The van der Waals surface area contributed by atoms with Gasteiger partial charge < -0.3 is 15.4 Å². The monoisotopic (exact) mass is 372 g/mol. The van der Waals surface area contributed by atoms with Gasteiger partial charge in [0.2, 0.25) is 0 Å². The van der Waals surface area contributed by atoms with Crippen LogP contribution in [0.4, 0.5) is 21.6 Å². The molecular formula is C18H14ClFN4O2. The number of nitrogens with one attached hydrogen (secondary N) is 2. The molecule has 2 N–H and O–H groups in total. The van der Waals surface area contributed by atoms with Gasteiger partial charge in [0.15, 0.2) is 0 Å². The van der Waals surface area contributed by atoms with Crippen LogP contribution < -0.4 is 15.4 Å². The topological polar surface area (TPSA) is 76.1 Å². The van der Waals surface area contributed by atoms with Gasteiger partial charge in [-0.15, -0.1) is 0 Å². The van der Waals surface area contributed by atoms with E-state index in [0.717, 1.165) is 0 Å². The SMILES string of the molecule is COc1ccc(NC(=O)c2cc(Nc3ccc(F)cc3)ncn2)cc1Cl. The van der Waals surface area contributed by atoms with Crippen molar-refractivity contribution in [2.45, 2.75) is 0 Å². The van der Waals surface area contributed by atoms with Crippen molar-refractivity contribution < 1.29 is 13.9 Å². The third-order valence-corrected chi connectivity index (χ3v) is 3.72. The minimum absolute atomic E-state index is 0.163. The summed E-state index contributed by atoms with van der Waals surface area (Å²) in [6.45, 7) is 0. The first-order chi connectivity index (χ1) is 12.5. The number of carbonyl (C=O) groups excluding carboxylic acids is 1. The van der Waals surface area contributed by atoms with E-state index in [9.17, 15) is 9.18 Å². The van der Waals surface area contributed by atoms with Crippen LogP contribution >= 0.6 is 11.6 Å². The molecule has 26 heavy (non-hydrogen) atoms. The number of anilines is 3. The normalized spacial score (nSPS) is 10.3. The Balaban J connectivity index is 1.73. The average molecular weight is 373 g/mol. The fourth-order valence-electron chi connectivity index (χ4n) is 2.17. The van der Waals surface area contributed by atoms with Crippen molar-refractivity contribution in [3.8, 4) is 5.75 Å². The molecule has 0 aliphatic rings. The maximum Gasteiger partial charge on any atom is 0.274 e. The minimum atomic E-state index is -0.421. The van der Waals surface area contributed by atoms with Crippen LogP contribution in [-0.4, -0.2) is 23.0 Å². The van der Waals surface area contributed by atoms with Crippen molar-refractivity contribution in [2.24, 2.45) is 0 Å². The molecule has 8 heteroatoms. The predicted octanol–water partition coefficient (Wildman–Crippen LogP) is 4.27. The van der Waals surface area contributed by atoms with E-state index in [4.69, 9.17) is 16.3 Å². The summed E-state index contributed by atoms with van der Waals surface area (Å²) in [5.41, 5.74) is 1.31. The van der Waals surface area contributed by atoms with Crippen LogP contribution in [0.1, 0.15) is 10.5 Å². The number of amides is 1. The van der Waals surface area contributed by atoms with Gasteiger partial charge in [-0.05, 0) is 42.5 Å². The van der Waals surface area contributed by atoms with Crippen LogP contribution in [0.25, 0.3) is 0 Å². The van der Waals surface area contributed by atoms with Crippen molar-refractivity contribution >= 4 is 34.7 Å². The molecule has 0 bridgehead atoms. The molecule has 0 atom stereocenters. The Kier molecular flexibility index (Phi) is 5.28. The molecule has 1 heterocycles. The molecule has 2 aromatic carbocycles. The van der Waals surface area contributed by atoms with Gasteiger partial charge in [0.1, 0.15) is 29.4 Å². The van der Waals surface area contributed by atoms with Crippen LogP contribution in [0.5, 0.6) is 5.75 Å². The van der Waals surface area contributed by atoms with Crippen molar-refractivity contribution in [2.75, 3.05) is 17.7 Å². The second kappa shape index (κ2) is 7.79. The zero-order valence-corrected chi connectivity index (χ0v) is 14.4. The molecule has 0 saturated heterocycles. The number of rotatable bonds is 5. The van der Waals surface area contributed by atoms with Gasteiger partial charge >= 0.3 is 0 Å². The predicted molar refractivity (Wildman–Crippen MR) is 97.7 cm³/mol. The number of carbonyl (C=O) groups is 1. The number of methoxy groups -OCH3 is 1. The highest BCUT2D eigenvalue weighted by Crippen LogP contribution is 2.27. The highest BCUT2D eigenvalue weighted by atomic mass is 35.5. The number of aromatic nitrogens is 2. The van der Waals surface area contributed by atoms with E-state index in [1.54, 1.807) is 30.3 Å². The minimum Gasteiger partial charge on any atom is -0.495 e. The summed E-state index contributed by atoms with van der Waals surface area (Å²) in [5, 5.41) is 6.06. The lowest BCUT2D eigenvalue weighted by Gasteiger charge is -2.09. The van der Waals surface area contributed by atoms with Crippen LogP contribution in [-0.2, 0) is 0 Å². The Labute approximate surface area is 154 Å². The van der Waals surface area contributed by atoms with Crippen molar-refractivity contribution in [1.82, 2.24) is 9.97 Å². The van der Waals surface area contributed by atoms with Crippen LogP contribution in [0, 0.1) is 5.82 Å². The quantitative estimate of drug-likeness (QED) is 0.699. The Morgan fingerprint density at radius 3 is 2.50 bits per heavy atom. The molecule has 0 aliphatic carbocycles. The van der Waals surface area contributed by atoms with Gasteiger partial charge in [-0.25, -0.2) is 14.4 Å². The molecule has 0 spiro atoms. The second-order valence-electron chi connectivity index (χ2n) is 5.22. The van der Waals surface area contributed by atoms with Gasteiger partial charge in [-0.2, -0.15) is 0 Å². The largest absolute Gasteiger partial charge is 0.495 e. The summed E-state index contributed by atoms with van der Waals surface area (Å²) in [6, 6.07) is 12.2. The van der Waals surface area contributed by atoms with Gasteiger partial charge in [0, 0.05) is 17.4 Å². The molecular weight excluding hydrogens is 359 g/mol. The summed E-state index contributed by atoms with van der Waals surface area (Å²) in [5.74, 6) is 0.161. The maximum atomic E-state index is 13.0. The fourth-order valence-corrected chi connectivity index (χ4v) is 2.43. The van der Waals surface area contributed by atoms with E-state index in [1.165, 1.54) is 31.6 Å². The number of hydrogen-bond acceptors (Lipinski definition) is 5. The lowest BCUT2D eigenvalue weighted by atomic mass is 10.2. The summed E-state index contributed by atoms with van der Waals surface area (Å²) in [7, 11) is 1.51. The molecule has 1 amide bonds. The molecule has 0 aliphatic heterocycles. The lowest BCUT2D eigenvalue weighted by Crippen LogP contribution is -2.14. The van der Waals surface area contributed by atoms with E-state index < -0.39 is 5.91 Å². The van der Waals surface area contributed by atoms with Crippen LogP contribution in [0.2, 0.25) is 5.02 Å². The smallest absolute Gasteiger partial charge is 0.274 e.